The summed E-state index contributed by atoms with van der Waals surface area (Å²) in [7, 11) is 0. The summed E-state index contributed by atoms with van der Waals surface area (Å²) >= 11 is 1.51. The van der Waals surface area contributed by atoms with E-state index in [0.29, 0.717) is 0 Å². The van der Waals surface area contributed by atoms with Crippen molar-refractivity contribution >= 4 is 23.1 Å². The number of carbonyl (C=O) groups is 1. The van der Waals surface area contributed by atoms with Crippen molar-refractivity contribution in [1.82, 2.24) is 5.32 Å². The van der Waals surface area contributed by atoms with E-state index in [0.717, 1.165) is 10.6 Å². The van der Waals surface area contributed by atoms with Crippen molar-refractivity contribution in [2.24, 2.45) is 4.99 Å². The zero-order valence-electron chi connectivity index (χ0n) is 7.73. The Morgan fingerprint density at radius 1 is 1.50 bits per heavy atom. The van der Waals surface area contributed by atoms with Gasteiger partial charge >= 0.3 is 0 Å². The number of amides is 1. The number of carbonyl (C=O) groups excluding carboxylic acids is 1. The maximum absolute atomic E-state index is 10.8. The molecule has 1 aliphatic rings. The summed E-state index contributed by atoms with van der Waals surface area (Å²) in [5.74, 6) is -0.0565. The van der Waals surface area contributed by atoms with Crippen molar-refractivity contribution in [3.8, 4) is 0 Å². The van der Waals surface area contributed by atoms with E-state index in [-0.39, 0.29) is 11.4 Å². The molecule has 3 nitrogen and oxygen atoms in total. The highest BCUT2D eigenvalue weighted by Gasteiger charge is 2.08. The molecule has 0 bridgehead atoms. The number of thioether (sulfide) groups is 1. The predicted octanol–water partition coefficient (Wildman–Crippen LogP) is 0.211. The maximum Gasteiger partial charge on any atom is 0.219 e. The Kier molecular flexibility index (Phi) is 2.54. The smallest absolute Gasteiger partial charge is 0.219 e. The average molecular weight is 206 g/mol. The highest BCUT2D eigenvalue weighted by molar-refractivity contribution is 8.07. The van der Waals surface area contributed by atoms with Crippen molar-refractivity contribution < 1.29 is 4.79 Å². The van der Waals surface area contributed by atoms with Crippen LogP contribution >= 0.6 is 11.8 Å². The van der Waals surface area contributed by atoms with Gasteiger partial charge in [0.1, 0.15) is 0 Å². The van der Waals surface area contributed by atoms with Crippen LogP contribution in [0.1, 0.15) is 6.92 Å². The Morgan fingerprint density at radius 2 is 2.29 bits per heavy atom. The number of hydrogen-bond donors (Lipinski definition) is 1. The number of para-hydroxylation sites is 1. The lowest BCUT2D eigenvalue weighted by Crippen LogP contribution is -2.36. The van der Waals surface area contributed by atoms with Gasteiger partial charge in [-0.3, -0.25) is 4.79 Å². The third kappa shape index (κ3) is 1.96. The summed E-state index contributed by atoms with van der Waals surface area (Å²) in [5.41, 5.74) is -0.178. The number of benzene rings is 1. The van der Waals surface area contributed by atoms with E-state index in [1.807, 2.05) is 29.7 Å². The van der Waals surface area contributed by atoms with Gasteiger partial charge in [-0.25, -0.2) is 4.99 Å². The van der Waals surface area contributed by atoms with E-state index in [9.17, 15) is 4.79 Å². The monoisotopic (exact) mass is 206 g/mol. The SMILES string of the molecule is CC(=O)NC1N=c2ccccc2=CS1. The van der Waals surface area contributed by atoms with Crippen molar-refractivity contribution in [2.75, 3.05) is 0 Å². The Balaban J connectivity index is 2.34. The van der Waals surface area contributed by atoms with Crippen molar-refractivity contribution in [3.63, 3.8) is 0 Å². The molecule has 0 radical (unpaired) electrons. The van der Waals surface area contributed by atoms with E-state index in [2.05, 4.69) is 10.3 Å². The lowest BCUT2D eigenvalue weighted by molar-refractivity contribution is -0.119. The minimum atomic E-state index is -0.178. The largest absolute Gasteiger partial charge is 0.326 e. The van der Waals surface area contributed by atoms with E-state index in [1.54, 1.807) is 0 Å². The van der Waals surface area contributed by atoms with Gasteiger partial charge in [-0.1, -0.05) is 30.0 Å². The molecule has 0 aliphatic carbocycles. The summed E-state index contributed by atoms with van der Waals surface area (Å²) in [6, 6.07) is 7.87. The van der Waals surface area contributed by atoms with Gasteiger partial charge in [-0.2, -0.15) is 0 Å². The maximum atomic E-state index is 10.8. The van der Waals surface area contributed by atoms with Crippen LogP contribution in [0.3, 0.4) is 0 Å². The Labute approximate surface area is 85.9 Å². The third-order valence-electron chi connectivity index (χ3n) is 1.84. The van der Waals surface area contributed by atoms with E-state index in [4.69, 9.17) is 0 Å². The molecule has 0 saturated carbocycles. The molecule has 1 N–H and O–H groups in total. The first kappa shape index (κ1) is 9.27. The lowest BCUT2D eigenvalue weighted by Gasteiger charge is -2.12. The van der Waals surface area contributed by atoms with Gasteiger partial charge < -0.3 is 5.32 Å². The van der Waals surface area contributed by atoms with Crippen LogP contribution in [0.25, 0.3) is 5.41 Å². The van der Waals surface area contributed by atoms with Crippen LogP contribution < -0.4 is 15.9 Å². The van der Waals surface area contributed by atoms with Gasteiger partial charge in [0.15, 0.2) is 5.50 Å². The van der Waals surface area contributed by atoms with Gasteiger partial charge in [0.25, 0.3) is 0 Å². The fraction of sp³-hybridized carbons (Fsp3) is 0.200. The molecule has 1 aromatic carbocycles. The number of hydrogen-bond acceptors (Lipinski definition) is 3. The summed E-state index contributed by atoms with van der Waals surface area (Å²) in [6.07, 6.45) is 0. The normalized spacial score (nSPS) is 18.8. The minimum absolute atomic E-state index is 0.0565. The second-order valence-corrected chi connectivity index (χ2v) is 3.95. The van der Waals surface area contributed by atoms with Crippen molar-refractivity contribution in [3.05, 3.63) is 34.8 Å². The molecule has 14 heavy (non-hydrogen) atoms. The topological polar surface area (TPSA) is 41.5 Å². The van der Waals surface area contributed by atoms with Crippen LogP contribution in [0.5, 0.6) is 0 Å². The molecule has 1 heterocycles. The second-order valence-electron chi connectivity index (χ2n) is 2.99. The van der Waals surface area contributed by atoms with Crippen molar-refractivity contribution in [1.29, 1.82) is 0 Å². The molecule has 1 amide bonds. The fourth-order valence-electron chi connectivity index (χ4n) is 1.24. The molecular weight excluding hydrogens is 196 g/mol. The second kappa shape index (κ2) is 3.84. The summed E-state index contributed by atoms with van der Waals surface area (Å²) < 4.78 is 0. The molecule has 4 heteroatoms. The standard InChI is InChI=1S/C10H10N2OS/c1-7(13)11-10-12-9-5-3-2-4-8(9)6-14-10/h2-6,10H,1H3,(H,11,13). The summed E-state index contributed by atoms with van der Waals surface area (Å²) in [5, 5.41) is 6.81. The molecule has 1 unspecified atom stereocenters. The summed E-state index contributed by atoms with van der Waals surface area (Å²) in [4.78, 5) is 15.2. The van der Waals surface area contributed by atoms with Gasteiger partial charge in [0, 0.05) is 12.1 Å². The van der Waals surface area contributed by atoms with Crippen LogP contribution in [-0.4, -0.2) is 11.4 Å². The van der Waals surface area contributed by atoms with E-state index in [1.165, 1.54) is 18.7 Å². The highest BCUT2D eigenvalue weighted by Crippen LogP contribution is 2.11. The third-order valence-corrected chi connectivity index (χ3v) is 2.71. The molecule has 1 aliphatic heterocycles. The van der Waals surface area contributed by atoms with Crippen LogP contribution in [0.2, 0.25) is 0 Å². The van der Waals surface area contributed by atoms with Crippen LogP contribution in [0, 0.1) is 0 Å². The van der Waals surface area contributed by atoms with Crippen molar-refractivity contribution in [2.45, 2.75) is 12.4 Å². The highest BCUT2D eigenvalue weighted by atomic mass is 32.2. The molecule has 0 spiro atoms. The number of nitrogens with zero attached hydrogens (tertiary/aromatic N) is 1. The summed E-state index contributed by atoms with van der Waals surface area (Å²) in [6.45, 7) is 1.50. The molecule has 0 aromatic heterocycles. The number of fused-ring (bicyclic) bond motifs is 1. The van der Waals surface area contributed by atoms with Gasteiger partial charge in [-0.05, 0) is 11.5 Å². The molecule has 1 atom stereocenters. The zero-order chi connectivity index (χ0) is 9.97. The van der Waals surface area contributed by atoms with Crippen LogP contribution in [-0.2, 0) is 4.79 Å². The van der Waals surface area contributed by atoms with Gasteiger partial charge in [0.05, 0.1) is 5.36 Å². The molecular formula is C10H10N2OS. The first-order valence-corrected chi connectivity index (χ1v) is 5.25. The molecule has 1 aromatic rings. The first-order chi connectivity index (χ1) is 6.75. The lowest BCUT2D eigenvalue weighted by atomic mass is 10.3. The molecule has 0 fully saturated rings. The minimum Gasteiger partial charge on any atom is -0.326 e. The predicted molar refractivity (Wildman–Crippen MR) is 56.9 cm³/mol. The van der Waals surface area contributed by atoms with E-state index < -0.39 is 0 Å². The van der Waals surface area contributed by atoms with Gasteiger partial charge in [0.2, 0.25) is 5.91 Å². The van der Waals surface area contributed by atoms with Crippen LogP contribution in [0.15, 0.2) is 29.3 Å². The van der Waals surface area contributed by atoms with Gasteiger partial charge in [-0.15, -0.1) is 0 Å². The Morgan fingerprint density at radius 3 is 3.07 bits per heavy atom. The Bertz CT molecular complexity index is 469. The molecule has 2 rings (SSSR count). The number of rotatable bonds is 1. The molecule has 0 saturated heterocycles. The Hall–Kier alpha value is -1.29. The average Bonchev–Trinajstić information content (AvgIpc) is 2.17. The van der Waals surface area contributed by atoms with Crippen LogP contribution in [0.4, 0.5) is 0 Å². The molecule has 72 valence electrons. The fourth-order valence-corrected chi connectivity index (χ4v) is 2.12. The quantitative estimate of drug-likeness (QED) is 0.713. The first-order valence-electron chi connectivity index (χ1n) is 4.31. The zero-order valence-corrected chi connectivity index (χ0v) is 8.54. The number of nitrogens with one attached hydrogen (secondary N) is 1. The van der Waals surface area contributed by atoms with E-state index >= 15 is 0 Å².